The third-order valence-corrected chi connectivity index (χ3v) is 4.01. The molecule has 5 heteroatoms. The highest BCUT2D eigenvalue weighted by Crippen LogP contribution is 2.24. The van der Waals surface area contributed by atoms with E-state index in [1.165, 1.54) is 0 Å². The largest absolute Gasteiger partial charge is 0.347 e. The second-order valence-corrected chi connectivity index (χ2v) is 5.21. The number of hydrogen-bond acceptors (Lipinski definition) is 3. The van der Waals surface area contributed by atoms with Crippen molar-refractivity contribution in [3.8, 4) is 0 Å². The minimum atomic E-state index is 0.455. The van der Waals surface area contributed by atoms with Crippen molar-refractivity contribution in [3.05, 3.63) is 45.9 Å². The molecule has 0 aliphatic rings. The third kappa shape index (κ3) is 3.12. The Morgan fingerprint density at radius 2 is 2.12 bits per heavy atom. The summed E-state index contributed by atoms with van der Waals surface area (Å²) in [5, 5.41) is 3.72. The molecule has 0 fully saturated rings. The summed E-state index contributed by atoms with van der Waals surface area (Å²) in [5.74, 6) is 0.455. The molecule has 0 N–H and O–H groups in total. The summed E-state index contributed by atoms with van der Waals surface area (Å²) in [4.78, 5) is 6.50. The van der Waals surface area contributed by atoms with Crippen molar-refractivity contribution >= 4 is 39.7 Å². The van der Waals surface area contributed by atoms with Crippen LogP contribution in [0.4, 0.5) is 5.13 Å². The van der Waals surface area contributed by atoms with Crippen LogP contribution in [0.15, 0.2) is 29.6 Å². The number of benzene rings is 1. The Labute approximate surface area is 115 Å². The van der Waals surface area contributed by atoms with Crippen LogP contribution >= 0.6 is 34.5 Å². The van der Waals surface area contributed by atoms with Crippen LogP contribution in [0.1, 0.15) is 11.3 Å². The fourth-order valence-electron chi connectivity index (χ4n) is 1.48. The molecule has 0 aliphatic carbocycles. The van der Waals surface area contributed by atoms with Crippen molar-refractivity contribution in [2.45, 2.75) is 12.4 Å². The maximum absolute atomic E-state index is 6.12. The minimum absolute atomic E-state index is 0.455. The van der Waals surface area contributed by atoms with Crippen LogP contribution in [0.3, 0.4) is 0 Å². The molecule has 0 spiro atoms. The first-order valence-corrected chi connectivity index (χ1v) is 6.95. The van der Waals surface area contributed by atoms with Gasteiger partial charge in [-0.2, -0.15) is 0 Å². The summed E-state index contributed by atoms with van der Waals surface area (Å²) >= 11 is 13.5. The highest BCUT2D eigenvalue weighted by molar-refractivity contribution is 7.13. The Morgan fingerprint density at radius 3 is 2.76 bits per heavy atom. The lowest BCUT2D eigenvalue weighted by molar-refractivity contribution is 0.910. The highest BCUT2D eigenvalue weighted by atomic mass is 35.5. The molecule has 2 rings (SSSR count). The van der Waals surface area contributed by atoms with Crippen LogP contribution in [0.2, 0.25) is 5.02 Å². The van der Waals surface area contributed by atoms with Crippen LogP contribution in [0, 0.1) is 0 Å². The van der Waals surface area contributed by atoms with Gasteiger partial charge in [0.1, 0.15) is 0 Å². The van der Waals surface area contributed by atoms with Gasteiger partial charge in [-0.05, 0) is 11.6 Å². The molecule has 2 aromatic rings. The van der Waals surface area contributed by atoms with Gasteiger partial charge in [0.2, 0.25) is 0 Å². The van der Waals surface area contributed by atoms with E-state index in [0.717, 1.165) is 28.0 Å². The van der Waals surface area contributed by atoms with E-state index in [2.05, 4.69) is 9.88 Å². The van der Waals surface area contributed by atoms with E-state index in [1.807, 2.05) is 36.7 Å². The molecule has 0 amide bonds. The van der Waals surface area contributed by atoms with Gasteiger partial charge in [0, 0.05) is 24.0 Å². The zero-order chi connectivity index (χ0) is 12.3. The molecule has 0 saturated heterocycles. The summed E-state index contributed by atoms with van der Waals surface area (Å²) in [6.45, 7) is 0.745. The second kappa shape index (κ2) is 5.71. The molecule has 1 aromatic heterocycles. The van der Waals surface area contributed by atoms with Gasteiger partial charge in [0.15, 0.2) is 5.13 Å². The monoisotopic (exact) mass is 286 g/mol. The minimum Gasteiger partial charge on any atom is -0.347 e. The lowest BCUT2D eigenvalue weighted by atomic mass is 10.2. The van der Waals surface area contributed by atoms with Crippen molar-refractivity contribution in [1.82, 2.24) is 4.98 Å². The van der Waals surface area contributed by atoms with Crippen molar-refractivity contribution in [3.63, 3.8) is 0 Å². The van der Waals surface area contributed by atoms with E-state index in [1.54, 1.807) is 11.3 Å². The quantitative estimate of drug-likeness (QED) is 0.784. The zero-order valence-corrected chi connectivity index (χ0v) is 11.7. The second-order valence-electron chi connectivity index (χ2n) is 3.70. The first kappa shape index (κ1) is 12.7. The van der Waals surface area contributed by atoms with Gasteiger partial charge in [0.05, 0.1) is 11.6 Å². The maximum Gasteiger partial charge on any atom is 0.185 e. The fourth-order valence-corrected chi connectivity index (χ4v) is 2.70. The number of rotatable bonds is 4. The van der Waals surface area contributed by atoms with E-state index < -0.39 is 0 Å². The van der Waals surface area contributed by atoms with Gasteiger partial charge in [0.25, 0.3) is 0 Å². The summed E-state index contributed by atoms with van der Waals surface area (Å²) in [5.41, 5.74) is 2.01. The fraction of sp³-hybridized carbons (Fsp3) is 0.250. The molecular formula is C12H12Cl2N2S. The molecule has 17 heavy (non-hydrogen) atoms. The molecule has 0 aliphatic heterocycles. The van der Waals surface area contributed by atoms with Gasteiger partial charge in [-0.3, -0.25) is 0 Å². The number of hydrogen-bond donors (Lipinski definition) is 0. The van der Waals surface area contributed by atoms with Gasteiger partial charge < -0.3 is 4.90 Å². The Bertz CT molecular complexity index is 499. The molecule has 0 unspecified atom stereocenters. The smallest absolute Gasteiger partial charge is 0.185 e. The number of halogens is 2. The predicted octanol–water partition coefficient (Wildman–Crippen LogP) is 4.17. The summed E-state index contributed by atoms with van der Waals surface area (Å²) in [7, 11) is 2.00. The molecule has 0 radical (unpaired) electrons. The average Bonchev–Trinajstić information content (AvgIpc) is 2.81. The van der Waals surface area contributed by atoms with Gasteiger partial charge in [-0.15, -0.1) is 22.9 Å². The van der Waals surface area contributed by atoms with Gasteiger partial charge in [-0.1, -0.05) is 29.8 Å². The molecule has 2 nitrogen and oxygen atoms in total. The first-order valence-electron chi connectivity index (χ1n) is 5.15. The van der Waals surface area contributed by atoms with E-state index in [0.29, 0.717) is 5.88 Å². The van der Waals surface area contributed by atoms with Crippen molar-refractivity contribution in [2.24, 2.45) is 0 Å². The Morgan fingerprint density at radius 1 is 1.35 bits per heavy atom. The molecule has 90 valence electrons. The van der Waals surface area contributed by atoms with Crippen LogP contribution in [0.5, 0.6) is 0 Å². The topological polar surface area (TPSA) is 16.1 Å². The summed E-state index contributed by atoms with van der Waals surface area (Å²) in [6, 6.07) is 7.84. The van der Waals surface area contributed by atoms with Crippen molar-refractivity contribution in [2.75, 3.05) is 11.9 Å². The standard InChI is InChI=1S/C12H12Cl2N2S/c1-16(12-15-10(6-13)8-17-12)7-9-4-2-3-5-11(9)14/h2-5,8H,6-7H2,1H3. The molecular weight excluding hydrogens is 275 g/mol. The van der Waals surface area contributed by atoms with Crippen LogP contribution in [0.25, 0.3) is 0 Å². The Balaban J connectivity index is 2.11. The molecule has 0 saturated carbocycles. The van der Waals surface area contributed by atoms with Crippen LogP contribution in [-0.4, -0.2) is 12.0 Å². The Hall–Kier alpha value is -0.770. The van der Waals surface area contributed by atoms with Crippen LogP contribution < -0.4 is 4.90 Å². The maximum atomic E-state index is 6.12. The lowest BCUT2D eigenvalue weighted by Gasteiger charge is -2.16. The SMILES string of the molecule is CN(Cc1ccccc1Cl)c1nc(CCl)cs1. The van der Waals surface area contributed by atoms with Crippen molar-refractivity contribution in [1.29, 1.82) is 0 Å². The van der Waals surface area contributed by atoms with Gasteiger partial charge in [-0.25, -0.2) is 4.98 Å². The molecule has 0 atom stereocenters. The van der Waals surface area contributed by atoms with Crippen molar-refractivity contribution < 1.29 is 0 Å². The zero-order valence-electron chi connectivity index (χ0n) is 9.36. The number of nitrogens with zero attached hydrogens (tertiary/aromatic N) is 2. The summed E-state index contributed by atoms with van der Waals surface area (Å²) in [6.07, 6.45) is 0. The number of anilines is 1. The molecule has 1 aromatic carbocycles. The van der Waals surface area contributed by atoms with Crippen LogP contribution in [-0.2, 0) is 12.4 Å². The molecule has 1 heterocycles. The van der Waals surface area contributed by atoms with E-state index >= 15 is 0 Å². The average molecular weight is 287 g/mol. The number of alkyl halides is 1. The molecule has 0 bridgehead atoms. The lowest BCUT2D eigenvalue weighted by Crippen LogP contribution is -2.16. The normalized spacial score (nSPS) is 10.5. The Kier molecular flexibility index (Phi) is 4.26. The van der Waals surface area contributed by atoms with Gasteiger partial charge >= 0.3 is 0 Å². The van der Waals surface area contributed by atoms with E-state index in [9.17, 15) is 0 Å². The third-order valence-electron chi connectivity index (χ3n) is 2.37. The highest BCUT2D eigenvalue weighted by Gasteiger charge is 2.08. The first-order chi connectivity index (χ1) is 8.20. The van der Waals surface area contributed by atoms with E-state index in [4.69, 9.17) is 23.2 Å². The van der Waals surface area contributed by atoms with E-state index in [-0.39, 0.29) is 0 Å². The summed E-state index contributed by atoms with van der Waals surface area (Å²) < 4.78 is 0. The number of aromatic nitrogens is 1. The predicted molar refractivity (Wildman–Crippen MR) is 75.2 cm³/mol. The number of thiazole rings is 1.